The van der Waals surface area contributed by atoms with Gasteiger partial charge in [0.25, 0.3) is 0 Å². The molecule has 1 unspecified atom stereocenters. The molecule has 2 nitrogen and oxygen atoms in total. The largest absolute Gasteiger partial charge is 0.271 e. The molecular weight excluding hydrogens is 270 g/mol. The lowest BCUT2D eigenvalue weighted by Crippen LogP contribution is -2.30. The van der Waals surface area contributed by atoms with Crippen LogP contribution in [0.4, 0.5) is 8.78 Å². The molecule has 1 atom stereocenters. The molecule has 1 aliphatic carbocycles. The molecular formula is C17H18F2N2. The molecule has 0 saturated heterocycles. The Morgan fingerprint density at radius 1 is 1.05 bits per heavy atom. The van der Waals surface area contributed by atoms with Gasteiger partial charge in [0.2, 0.25) is 0 Å². The van der Waals surface area contributed by atoms with Crippen LogP contribution in [-0.4, -0.2) is 0 Å². The first-order valence-corrected chi connectivity index (χ1v) is 7.19. The lowest BCUT2D eigenvalue weighted by atomic mass is 9.96. The molecule has 110 valence electrons. The highest BCUT2D eigenvalue weighted by molar-refractivity contribution is 5.36. The van der Waals surface area contributed by atoms with Crippen molar-refractivity contribution < 1.29 is 8.78 Å². The summed E-state index contributed by atoms with van der Waals surface area (Å²) in [6.07, 6.45) is 3.95. The third kappa shape index (κ3) is 2.96. The maximum atomic E-state index is 13.9. The maximum absolute atomic E-state index is 13.9. The summed E-state index contributed by atoms with van der Waals surface area (Å²) in [5.74, 6) is 4.64. The predicted molar refractivity (Wildman–Crippen MR) is 78.6 cm³/mol. The maximum Gasteiger partial charge on any atom is 0.128 e. The van der Waals surface area contributed by atoms with Crippen LogP contribution in [0.1, 0.15) is 34.7 Å². The van der Waals surface area contributed by atoms with E-state index in [1.807, 2.05) is 6.07 Å². The van der Waals surface area contributed by atoms with E-state index >= 15 is 0 Å². The van der Waals surface area contributed by atoms with Crippen LogP contribution in [0.15, 0.2) is 36.4 Å². The Morgan fingerprint density at radius 3 is 2.67 bits per heavy atom. The molecule has 0 heterocycles. The van der Waals surface area contributed by atoms with Gasteiger partial charge in [-0.25, -0.2) is 8.78 Å². The van der Waals surface area contributed by atoms with Crippen molar-refractivity contribution in [2.75, 3.05) is 0 Å². The second kappa shape index (κ2) is 5.92. The van der Waals surface area contributed by atoms with Gasteiger partial charge in [0.15, 0.2) is 0 Å². The Morgan fingerprint density at radius 2 is 1.86 bits per heavy atom. The average Bonchev–Trinajstić information content (AvgIpc) is 2.95. The average molecular weight is 288 g/mol. The van der Waals surface area contributed by atoms with Crippen LogP contribution in [0, 0.1) is 11.6 Å². The number of halogens is 2. The summed E-state index contributed by atoms with van der Waals surface area (Å²) >= 11 is 0. The minimum Gasteiger partial charge on any atom is -0.271 e. The van der Waals surface area contributed by atoms with Gasteiger partial charge in [-0.15, -0.1) is 0 Å². The lowest BCUT2D eigenvalue weighted by Gasteiger charge is -2.18. The molecule has 21 heavy (non-hydrogen) atoms. The zero-order valence-corrected chi connectivity index (χ0v) is 11.7. The Labute approximate surface area is 122 Å². The topological polar surface area (TPSA) is 38.0 Å². The highest BCUT2D eigenvalue weighted by Gasteiger charge is 2.17. The molecule has 0 aliphatic heterocycles. The first kappa shape index (κ1) is 14.2. The normalized spacial score (nSPS) is 15.0. The van der Waals surface area contributed by atoms with Crippen LogP contribution in [0.25, 0.3) is 0 Å². The number of nitrogens with two attached hydrogens (primary N) is 1. The molecule has 0 bridgehead atoms. The van der Waals surface area contributed by atoms with E-state index in [0.717, 1.165) is 30.5 Å². The van der Waals surface area contributed by atoms with Crippen LogP contribution < -0.4 is 11.3 Å². The van der Waals surface area contributed by atoms with Gasteiger partial charge in [-0.05, 0) is 60.6 Å². The van der Waals surface area contributed by atoms with Crippen LogP contribution in [0.3, 0.4) is 0 Å². The number of benzene rings is 2. The first-order valence-electron chi connectivity index (χ1n) is 7.19. The molecule has 1 aliphatic rings. The van der Waals surface area contributed by atoms with E-state index in [9.17, 15) is 8.78 Å². The highest BCUT2D eigenvalue weighted by atomic mass is 19.1. The second-order valence-corrected chi connectivity index (χ2v) is 5.55. The predicted octanol–water partition coefficient (Wildman–Crippen LogP) is 3.20. The molecule has 3 N–H and O–H groups in total. The molecule has 2 aromatic rings. The number of aryl methyl sites for hydroxylation is 2. The molecule has 3 rings (SSSR count). The number of rotatable bonds is 4. The van der Waals surface area contributed by atoms with Crippen molar-refractivity contribution in [1.29, 1.82) is 0 Å². The Hall–Kier alpha value is -1.78. The van der Waals surface area contributed by atoms with Gasteiger partial charge in [0, 0.05) is 5.56 Å². The van der Waals surface area contributed by atoms with Gasteiger partial charge in [-0.3, -0.25) is 11.3 Å². The van der Waals surface area contributed by atoms with Crippen molar-refractivity contribution in [2.24, 2.45) is 5.84 Å². The monoisotopic (exact) mass is 288 g/mol. The van der Waals surface area contributed by atoms with Gasteiger partial charge in [-0.2, -0.15) is 0 Å². The van der Waals surface area contributed by atoms with Crippen molar-refractivity contribution in [1.82, 2.24) is 5.43 Å². The Kier molecular flexibility index (Phi) is 3.99. The number of hydrogen-bond acceptors (Lipinski definition) is 2. The van der Waals surface area contributed by atoms with Gasteiger partial charge < -0.3 is 0 Å². The summed E-state index contributed by atoms with van der Waals surface area (Å²) in [4.78, 5) is 0. The number of hydrazine groups is 1. The smallest absolute Gasteiger partial charge is 0.128 e. The summed E-state index contributed by atoms with van der Waals surface area (Å²) in [7, 11) is 0. The quantitative estimate of drug-likeness (QED) is 0.670. The van der Waals surface area contributed by atoms with Crippen molar-refractivity contribution in [3.8, 4) is 0 Å². The SMILES string of the molecule is NNC(Cc1ccc2c(c1)CCC2)c1cc(F)ccc1F. The van der Waals surface area contributed by atoms with E-state index in [2.05, 4.69) is 17.6 Å². The molecule has 0 saturated carbocycles. The number of fused-ring (bicyclic) bond motifs is 1. The summed E-state index contributed by atoms with van der Waals surface area (Å²) < 4.78 is 27.2. The number of hydrogen-bond donors (Lipinski definition) is 2. The third-order valence-corrected chi connectivity index (χ3v) is 4.14. The van der Waals surface area contributed by atoms with Crippen molar-refractivity contribution in [2.45, 2.75) is 31.7 Å². The van der Waals surface area contributed by atoms with Crippen LogP contribution in [-0.2, 0) is 19.3 Å². The zero-order chi connectivity index (χ0) is 14.8. The first-order chi connectivity index (χ1) is 10.2. The van der Waals surface area contributed by atoms with Gasteiger partial charge in [0.1, 0.15) is 11.6 Å². The molecule has 0 aromatic heterocycles. The van der Waals surface area contributed by atoms with Crippen LogP contribution in [0.2, 0.25) is 0 Å². The summed E-state index contributed by atoms with van der Waals surface area (Å²) in [5.41, 5.74) is 6.70. The molecule has 4 heteroatoms. The van der Waals surface area contributed by atoms with Gasteiger partial charge in [-0.1, -0.05) is 18.2 Å². The standard InChI is InChI=1S/C17H18F2N2/c18-14-6-7-16(19)15(10-14)17(21-20)9-11-4-5-12-2-1-3-13(12)8-11/h4-8,10,17,21H,1-3,9,20H2. The number of nitrogens with one attached hydrogen (secondary N) is 1. The third-order valence-electron chi connectivity index (χ3n) is 4.14. The minimum atomic E-state index is -0.458. The fraction of sp³-hybridized carbons (Fsp3) is 0.294. The van der Waals surface area contributed by atoms with E-state index in [4.69, 9.17) is 5.84 Å². The van der Waals surface area contributed by atoms with Crippen molar-refractivity contribution in [3.63, 3.8) is 0 Å². The van der Waals surface area contributed by atoms with E-state index < -0.39 is 17.7 Å². The highest BCUT2D eigenvalue weighted by Crippen LogP contribution is 2.26. The summed E-state index contributed by atoms with van der Waals surface area (Å²) in [6, 6.07) is 9.34. The summed E-state index contributed by atoms with van der Waals surface area (Å²) in [5, 5.41) is 0. The van der Waals surface area contributed by atoms with Gasteiger partial charge >= 0.3 is 0 Å². The molecule has 2 aromatic carbocycles. The van der Waals surface area contributed by atoms with E-state index in [-0.39, 0.29) is 5.56 Å². The summed E-state index contributed by atoms with van der Waals surface area (Å²) in [6.45, 7) is 0. The molecule has 0 spiro atoms. The van der Waals surface area contributed by atoms with E-state index in [0.29, 0.717) is 6.42 Å². The van der Waals surface area contributed by atoms with E-state index in [1.54, 1.807) is 0 Å². The molecule has 0 fully saturated rings. The van der Waals surface area contributed by atoms with Crippen molar-refractivity contribution >= 4 is 0 Å². The lowest BCUT2D eigenvalue weighted by molar-refractivity contribution is 0.502. The Bertz CT molecular complexity index is 655. The minimum absolute atomic E-state index is 0.262. The van der Waals surface area contributed by atoms with E-state index in [1.165, 1.54) is 23.6 Å². The second-order valence-electron chi connectivity index (χ2n) is 5.55. The van der Waals surface area contributed by atoms with Crippen LogP contribution >= 0.6 is 0 Å². The fourth-order valence-electron chi connectivity index (χ4n) is 3.03. The molecule has 0 amide bonds. The molecule has 0 radical (unpaired) electrons. The van der Waals surface area contributed by atoms with Crippen LogP contribution in [0.5, 0.6) is 0 Å². The van der Waals surface area contributed by atoms with Crippen molar-refractivity contribution in [3.05, 3.63) is 70.3 Å². The Balaban J connectivity index is 1.86. The fourth-order valence-corrected chi connectivity index (χ4v) is 3.03. The van der Waals surface area contributed by atoms with Gasteiger partial charge in [0.05, 0.1) is 6.04 Å². The zero-order valence-electron chi connectivity index (χ0n) is 11.7.